The van der Waals surface area contributed by atoms with Gasteiger partial charge in [-0.2, -0.15) is 0 Å². The second-order valence-electron chi connectivity index (χ2n) is 5.34. The maximum Gasteiger partial charge on any atom is 0.126 e. The Hall–Kier alpha value is -1.87. The third-order valence-electron chi connectivity index (χ3n) is 3.50. The Morgan fingerprint density at radius 1 is 1.23 bits per heavy atom. The molecule has 0 amide bonds. The van der Waals surface area contributed by atoms with Gasteiger partial charge in [-0.25, -0.2) is 9.38 Å². The van der Waals surface area contributed by atoms with Crippen LogP contribution in [0.3, 0.4) is 0 Å². The molecule has 0 aliphatic rings. The fraction of sp³-hybridized carbons (Fsp3) is 0.278. The first-order valence-electron chi connectivity index (χ1n) is 7.28. The van der Waals surface area contributed by atoms with Crippen LogP contribution in [0.1, 0.15) is 23.6 Å². The molecule has 22 heavy (non-hydrogen) atoms. The first-order valence-corrected chi connectivity index (χ1v) is 7.66. The molecule has 0 saturated carbocycles. The topological polar surface area (TPSA) is 15.6 Å². The van der Waals surface area contributed by atoms with Gasteiger partial charge in [-0.1, -0.05) is 35.9 Å². The molecule has 0 unspecified atom stereocenters. The van der Waals surface area contributed by atoms with E-state index in [1.807, 2.05) is 44.0 Å². The van der Waals surface area contributed by atoms with Crippen molar-refractivity contribution < 1.29 is 4.39 Å². The van der Waals surface area contributed by atoms with E-state index in [0.29, 0.717) is 22.7 Å². The minimum atomic E-state index is -0.212. The Kier molecular flexibility index (Phi) is 5.56. The Morgan fingerprint density at radius 2 is 1.95 bits per heavy atom. The van der Waals surface area contributed by atoms with E-state index in [1.165, 1.54) is 6.07 Å². The van der Waals surface area contributed by atoms with Gasteiger partial charge in [0.15, 0.2) is 0 Å². The minimum absolute atomic E-state index is 0.212. The highest BCUT2D eigenvalue weighted by Crippen LogP contribution is 2.32. The van der Waals surface area contributed by atoms with E-state index in [4.69, 9.17) is 11.6 Å². The summed E-state index contributed by atoms with van der Waals surface area (Å²) < 4.78 is 13.8. The molecule has 0 atom stereocenters. The Labute approximate surface area is 136 Å². The largest absolute Gasteiger partial charge is 0.366 e. The van der Waals surface area contributed by atoms with Gasteiger partial charge >= 0.3 is 0 Å². The van der Waals surface area contributed by atoms with E-state index in [9.17, 15) is 4.39 Å². The van der Waals surface area contributed by atoms with Gasteiger partial charge in [-0.15, -0.1) is 0 Å². The minimum Gasteiger partial charge on any atom is -0.366 e. The van der Waals surface area contributed by atoms with Gasteiger partial charge in [0.25, 0.3) is 0 Å². The Morgan fingerprint density at radius 3 is 2.64 bits per heavy atom. The molecule has 0 fully saturated rings. The fourth-order valence-corrected chi connectivity index (χ4v) is 2.36. The van der Waals surface area contributed by atoms with Crippen LogP contribution in [-0.2, 0) is 6.42 Å². The van der Waals surface area contributed by atoms with Gasteiger partial charge in [0.2, 0.25) is 0 Å². The molecule has 0 saturated heterocycles. The Balaban J connectivity index is 2.35. The van der Waals surface area contributed by atoms with Crippen molar-refractivity contribution in [2.75, 3.05) is 13.6 Å². The van der Waals surface area contributed by atoms with Crippen molar-refractivity contribution >= 4 is 23.6 Å². The van der Waals surface area contributed by atoms with Crippen LogP contribution in [0.15, 0.2) is 41.4 Å². The van der Waals surface area contributed by atoms with Crippen molar-refractivity contribution in [3.63, 3.8) is 0 Å². The summed E-state index contributed by atoms with van der Waals surface area (Å²) in [6.07, 6.45) is 2.22. The van der Waals surface area contributed by atoms with Gasteiger partial charge in [-0.3, -0.25) is 0 Å². The standard InChI is InChI=1S/C18H20ClFN2/c1-4-22(3)12-21-17-10-13(2)9-15(18(17)19)11-14-7-5-6-8-16(14)20/h5-10,12H,4,11H2,1-3H3. The molecule has 0 heterocycles. The van der Waals surface area contributed by atoms with Crippen molar-refractivity contribution in [2.45, 2.75) is 20.3 Å². The third kappa shape index (κ3) is 4.08. The highest BCUT2D eigenvalue weighted by molar-refractivity contribution is 6.33. The fourth-order valence-electron chi connectivity index (χ4n) is 2.14. The van der Waals surface area contributed by atoms with E-state index in [0.717, 1.165) is 17.7 Å². The van der Waals surface area contributed by atoms with Gasteiger partial charge in [-0.05, 0) is 42.7 Å². The molecule has 4 heteroatoms. The molecular formula is C18H20ClFN2. The molecule has 116 valence electrons. The van der Waals surface area contributed by atoms with Crippen LogP contribution in [0.2, 0.25) is 5.02 Å². The van der Waals surface area contributed by atoms with Gasteiger partial charge in [0.05, 0.1) is 17.0 Å². The first-order chi connectivity index (χ1) is 10.5. The average Bonchev–Trinajstić information content (AvgIpc) is 2.50. The molecule has 0 aliphatic carbocycles. The maximum atomic E-state index is 13.8. The monoisotopic (exact) mass is 318 g/mol. The van der Waals surface area contributed by atoms with Crippen LogP contribution in [0.5, 0.6) is 0 Å². The number of aryl methyl sites for hydroxylation is 1. The van der Waals surface area contributed by atoms with E-state index in [-0.39, 0.29) is 5.82 Å². The maximum absolute atomic E-state index is 13.8. The molecule has 0 N–H and O–H groups in total. The summed E-state index contributed by atoms with van der Waals surface area (Å²) in [5.74, 6) is -0.212. The quantitative estimate of drug-likeness (QED) is 0.560. The summed E-state index contributed by atoms with van der Waals surface area (Å²) in [5, 5.41) is 0.578. The number of nitrogens with zero attached hydrogens (tertiary/aromatic N) is 2. The predicted octanol–water partition coefficient (Wildman–Crippen LogP) is 4.99. The molecule has 0 spiro atoms. The summed E-state index contributed by atoms with van der Waals surface area (Å²) in [7, 11) is 1.95. The lowest BCUT2D eigenvalue weighted by atomic mass is 10.0. The molecule has 0 bridgehead atoms. The normalized spacial score (nSPS) is 11.1. The zero-order valence-corrected chi connectivity index (χ0v) is 13.9. The first kappa shape index (κ1) is 16.5. The molecule has 0 aliphatic heterocycles. The van der Waals surface area contributed by atoms with Crippen molar-refractivity contribution in [3.05, 3.63) is 63.9 Å². The average molecular weight is 319 g/mol. The van der Waals surface area contributed by atoms with E-state index >= 15 is 0 Å². The zero-order chi connectivity index (χ0) is 16.1. The summed E-state index contributed by atoms with van der Waals surface area (Å²) in [5.41, 5.74) is 3.30. The second kappa shape index (κ2) is 7.41. The number of aliphatic imine (C=N–C) groups is 1. The lowest BCUT2D eigenvalue weighted by Gasteiger charge is -2.12. The number of hydrogen-bond acceptors (Lipinski definition) is 1. The smallest absolute Gasteiger partial charge is 0.126 e. The SMILES string of the molecule is CCN(C)C=Nc1cc(C)cc(Cc2ccccc2F)c1Cl. The molecule has 0 radical (unpaired) electrons. The van der Waals surface area contributed by atoms with Crippen molar-refractivity contribution in [1.29, 1.82) is 0 Å². The summed E-state index contributed by atoms with van der Waals surface area (Å²) in [4.78, 5) is 6.40. The summed E-state index contributed by atoms with van der Waals surface area (Å²) in [6, 6.07) is 10.7. The van der Waals surface area contributed by atoms with Crippen LogP contribution >= 0.6 is 11.6 Å². The highest BCUT2D eigenvalue weighted by atomic mass is 35.5. The molecular weight excluding hydrogens is 299 g/mol. The second-order valence-corrected chi connectivity index (χ2v) is 5.72. The van der Waals surface area contributed by atoms with Crippen LogP contribution in [0, 0.1) is 12.7 Å². The van der Waals surface area contributed by atoms with Crippen LogP contribution < -0.4 is 0 Å². The van der Waals surface area contributed by atoms with E-state index in [2.05, 4.69) is 4.99 Å². The van der Waals surface area contributed by atoms with Crippen LogP contribution in [0.4, 0.5) is 10.1 Å². The predicted molar refractivity (Wildman–Crippen MR) is 91.9 cm³/mol. The lowest BCUT2D eigenvalue weighted by Crippen LogP contribution is -2.14. The van der Waals surface area contributed by atoms with Crippen molar-refractivity contribution in [2.24, 2.45) is 4.99 Å². The third-order valence-corrected chi connectivity index (χ3v) is 3.94. The van der Waals surface area contributed by atoms with E-state index < -0.39 is 0 Å². The van der Waals surface area contributed by atoms with Crippen molar-refractivity contribution in [1.82, 2.24) is 4.90 Å². The molecule has 2 aromatic carbocycles. The molecule has 0 aromatic heterocycles. The molecule has 2 aromatic rings. The number of benzene rings is 2. The number of rotatable bonds is 5. The highest BCUT2D eigenvalue weighted by Gasteiger charge is 2.10. The van der Waals surface area contributed by atoms with Gasteiger partial charge in [0.1, 0.15) is 5.82 Å². The van der Waals surface area contributed by atoms with Gasteiger partial charge < -0.3 is 4.90 Å². The zero-order valence-electron chi connectivity index (χ0n) is 13.1. The number of halogens is 2. The molecule has 2 rings (SSSR count). The lowest BCUT2D eigenvalue weighted by molar-refractivity contribution is 0.552. The summed E-state index contributed by atoms with van der Waals surface area (Å²) >= 11 is 6.45. The van der Waals surface area contributed by atoms with Crippen LogP contribution in [-0.4, -0.2) is 24.8 Å². The van der Waals surface area contributed by atoms with Crippen molar-refractivity contribution in [3.8, 4) is 0 Å². The summed E-state index contributed by atoms with van der Waals surface area (Å²) in [6.45, 7) is 4.91. The van der Waals surface area contributed by atoms with Crippen LogP contribution in [0.25, 0.3) is 0 Å². The number of hydrogen-bond donors (Lipinski definition) is 0. The van der Waals surface area contributed by atoms with Gasteiger partial charge in [0, 0.05) is 20.0 Å². The Bertz CT molecular complexity index is 683. The van der Waals surface area contributed by atoms with E-state index in [1.54, 1.807) is 18.5 Å². The molecule has 2 nitrogen and oxygen atoms in total.